The topological polar surface area (TPSA) is 101 Å². The van der Waals surface area contributed by atoms with Crippen molar-refractivity contribution < 1.29 is 12.8 Å². The maximum absolute atomic E-state index is 13.1. The highest BCUT2D eigenvalue weighted by Gasteiger charge is 2.29. The van der Waals surface area contributed by atoms with Gasteiger partial charge in [-0.1, -0.05) is 12.1 Å². The molecule has 2 aromatic heterocycles. The number of benzene rings is 1. The highest BCUT2D eigenvalue weighted by Crippen LogP contribution is 2.35. The molecule has 0 saturated heterocycles. The molecule has 25 heavy (non-hydrogen) atoms. The Bertz CT molecular complexity index is 1020. The third-order valence-electron chi connectivity index (χ3n) is 3.68. The molecule has 7 nitrogen and oxygen atoms in total. The van der Waals surface area contributed by atoms with Crippen molar-refractivity contribution in [1.82, 2.24) is 15.2 Å². The van der Waals surface area contributed by atoms with Crippen LogP contribution < -0.4 is 4.72 Å². The Hall–Kier alpha value is -2.26. The minimum absolute atomic E-state index is 0.115. The van der Waals surface area contributed by atoms with Gasteiger partial charge in [-0.25, -0.2) is 8.42 Å². The molecule has 9 heteroatoms. The summed E-state index contributed by atoms with van der Waals surface area (Å²) in [5.74, 6) is 0.551. The van der Waals surface area contributed by atoms with E-state index in [1.54, 1.807) is 32.9 Å². The molecule has 2 heterocycles. The maximum Gasteiger partial charge on any atom is 0.264 e. The van der Waals surface area contributed by atoms with Crippen molar-refractivity contribution in [3.05, 3.63) is 41.5 Å². The smallest absolute Gasteiger partial charge is 0.264 e. The van der Waals surface area contributed by atoms with Gasteiger partial charge < -0.3 is 9.40 Å². The third kappa shape index (κ3) is 3.29. The molecule has 0 aliphatic rings. The zero-order chi connectivity index (χ0) is 18.2. The van der Waals surface area contributed by atoms with Crippen molar-refractivity contribution in [2.45, 2.75) is 30.6 Å². The number of anilines is 1. The van der Waals surface area contributed by atoms with Crippen LogP contribution in [0, 0.1) is 20.8 Å². The summed E-state index contributed by atoms with van der Waals surface area (Å²) in [5.41, 5.74) is 2.09. The second kappa shape index (κ2) is 6.57. The molecule has 132 valence electrons. The Morgan fingerprint density at radius 3 is 2.48 bits per heavy atom. The van der Waals surface area contributed by atoms with Crippen LogP contribution in [0.2, 0.25) is 0 Å². The highest BCUT2D eigenvalue weighted by atomic mass is 32.2. The van der Waals surface area contributed by atoms with Crippen molar-refractivity contribution in [1.29, 1.82) is 0 Å². The Balaban J connectivity index is 2.12. The molecule has 2 N–H and O–H groups in total. The number of H-pyrrole nitrogens is 1. The van der Waals surface area contributed by atoms with Gasteiger partial charge in [0.1, 0.15) is 4.90 Å². The second-order valence-corrected chi connectivity index (χ2v) is 7.98. The maximum atomic E-state index is 13.1. The molecule has 3 rings (SSSR count). The summed E-state index contributed by atoms with van der Waals surface area (Å²) in [6.45, 7) is 5.14. The quantitative estimate of drug-likeness (QED) is 0.659. The van der Waals surface area contributed by atoms with Crippen LogP contribution in [-0.2, 0) is 10.0 Å². The molecule has 0 unspecified atom stereocenters. The molecular formula is C16H18N4O3S2. The van der Waals surface area contributed by atoms with Gasteiger partial charge in [-0.2, -0.15) is 0 Å². The summed E-state index contributed by atoms with van der Waals surface area (Å²) in [5, 5.41) is 7.77. The fourth-order valence-corrected chi connectivity index (χ4v) is 4.83. The summed E-state index contributed by atoms with van der Waals surface area (Å²) < 4.78 is 34.3. The van der Waals surface area contributed by atoms with E-state index in [1.165, 1.54) is 11.8 Å². The molecule has 3 aromatic rings. The molecule has 0 bridgehead atoms. The number of para-hydroxylation sites is 1. The lowest BCUT2D eigenvalue weighted by Crippen LogP contribution is -2.15. The molecule has 0 amide bonds. The molecular weight excluding hydrogens is 360 g/mol. The van der Waals surface area contributed by atoms with E-state index >= 15 is 0 Å². The van der Waals surface area contributed by atoms with E-state index in [2.05, 4.69) is 19.9 Å². The summed E-state index contributed by atoms with van der Waals surface area (Å²) in [7, 11) is -3.85. The number of nitrogens with one attached hydrogen (secondary N) is 2. The van der Waals surface area contributed by atoms with Gasteiger partial charge in [-0.05, 0) is 32.2 Å². The molecule has 1 aromatic carbocycles. The van der Waals surface area contributed by atoms with Crippen LogP contribution in [0.5, 0.6) is 0 Å². The van der Waals surface area contributed by atoms with Crippen molar-refractivity contribution in [3.8, 4) is 11.5 Å². The third-order valence-corrected chi connectivity index (χ3v) is 6.01. The number of hydrogen-bond donors (Lipinski definition) is 2. The predicted octanol–water partition coefficient (Wildman–Crippen LogP) is 3.51. The fraction of sp³-hybridized carbons (Fsp3) is 0.250. The Labute approximate surface area is 150 Å². The largest absolute Gasteiger partial charge is 0.421 e. The lowest BCUT2D eigenvalue weighted by molar-refractivity contribution is 0.531. The van der Waals surface area contributed by atoms with E-state index in [-0.39, 0.29) is 10.8 Å². The monoisotopic (exact) mass is 378 g/mol. The van der Waals surface area contributed by atoms with Crippen LogP contribution in [-0.4, -0.2) is 29.9 Å². The van der Waals surface area contributed by atoms with E-state index in [9.17, 15) is 8.42 Å². The van der Waals surface area contributed by atoms with Gasteiger partial charge in [0.05, 0.1) is 11.3 Å². The molecule has 0 saturated carbocycles. The highest BCUT2D eigenvalue weighted by molar-refractivity contribution is 7.99. The lowest BCUT2D eigenvalue weighted by Gasteiger charge is -2.12. The number of aryl methyl sites for hydroxylation is 3. The van der Waals surface area contributed by atoms with Gasteiger partial charge in [-0.3, -0.25) is 4.72 Å². The van der Waals surface area contributed by atoms with Gasteiger partial charge in [-0.15, -0.1) is 22.0 Å². The molecule has 0 atom stereocenters. The van der Waals surface area contributed by atoms with Crippen LogP contribution in [0.15, 0.2) is 38.5 Å². The zero-order valence-electron chi connectivity index (χ0n) is 14.2. The molecule has 0 aliphatic heterocycles. The number of nitrogens with zero attached hydrogens (tertiary/aromatic N) is 2. The standard InChI is InChI=1S/C16H18N4O3S2/c1-9-14(16-19-18-11(3)23-16)15(10(2)17-9)25(21,22)20-12-7-5-6-8-13(12)24-4/h5-8,17,20H,1-4H3. The molecule has 0 spiro atoms. The number of sulfonamides is 1. The number of aromatic nitrogens is 3. The van der Waals surface area contributed by atoms with E-state index < -0.39 is 10.0 Å². The van der Waals surface area contributed by atoms with E-state index in [0.717, 1.165) is 4.90 Å². The molecule has 0 radical (unpaired) electrons. The van der Waals surface area contributed by atoms with Crippen molar-refractivity contribution in [2.24, 2.45) is 0 Å². The average Bonchev–Trinajstić information content (AvgIpc) is 3.10. The van der Waals surface area contributed by atoms with Crippen LogP contribution in [0.1, 0.15) is 17.3 Å². The van der Waals surface area contributed by atoms with Gasteiger partial charge in [0.2, 0.25) is 5.89 Å². The Kier molecular flexibility index (Phi) is 4.61. The van der Waals surface area contributed by atoms with Crippen molar-refractivity contribution in [2.75, 3.05) is 11.0 Å². The minimum atomic E-state index is -3.85. The Morgan fingerprint density at radius 1 is 1.12 bits per heavy atom. The van der Waals surface area contributed by atoms with Crippen molar-refractivity contribution in [3.63, 3.8) is 0 Å². The summed E-state index contributed by atoms with van der Waals surface area (Å²) in [6.07, 6.45) is 1.89. The fourth-order valence-electron chi connectivity index (χ4n) is 2.67. The normalized spacial score (nSPS) is 11.7. The minimum Gasteiger partial charge on any atom is -0.421 e. The van der Waals surface area contributed by atoms with Crippen LogP contribution in [0.4, 0.5) is 5.69 Å². The number of hydrogen-bond acceptors (Lipinski definition) is 6. The first-order valence-electron chi connectivity index (χ1n) is 7.49. The number of aromatic amines is 1. The van der Waals surface area contributed by atoms with Gasteiger partial charge in [0, 0.05) is 23.2 Å². The SMILES string of the molecule is CSc1ccccc1NS(=O)(=O)c1c(C)[nH]c(C)c1-c1nnc(C)o1. The van der Waals surface area contributed by atoms with Gasteiger partial charge >= 0.3 is 0 Å². The summed E-state index contributed by atoms with van der Waals surface area (Å²) in [4.78, 5) is 4.01. The molecule has 0 aliphatic carbocycles. The first-order valence-corrected chi connectivity index (χ1v) is 10.2. The van der Waals surface area contributed by atoms with Gasteiger partial charge in [0.15, 0.2) is 0 Å². The average molecular weight is 378 g/mol. The van der Waals surface area contributed by atoms with Gasteiger partial charge in [0.25, 0.3) is 15.9 Å². The molecule has 0 fully saturated rings. The first kappa shape index (κ1) is 17.6. The second-order valence-electron chi connectivity index (χ2n) is 5.51. The predicted molar refractivity (Wildman–Crippen MR) is 97.3 cm³/mol. The Morgan fingerprint density at radius 2 is 1.84 bits per heavy atom. The van der Waals surface area contributed by atoms with Crippen LogP contribution in [0.3, 0.4) is 0 Å². The van der Waals surface area contributed by atoms with E-state index in [0.29, 0.717) is 28.5 Å². The number of thioether (sulfide) groups is 1. The van der Waals surface area contributed by atoms with Crippen LogP contribution in [0.25, 0.3) is 11.5 Å². The summed E-state index contributed by atoms with van der Waals surface area (Å²) in [6, 6.07) is 7.24. The first-order chi connectivity index (χ1) is 11.8. The summed E-state index contributed by atoms with van der Waals surface area (Å²) >= 11 is 1.47. The van der Waals surface area contributed by atoms with E-state index in [4.69, 9.17) is 4.42 Å². The zero-order valence-corrected chi connectivity index (χ0v) is 15.9. The lowest BCUT2D eigenvalue weighted by atomic mass is 10.2. The van der Waals surface area contributed by atoms with Crippen LogP contribution >= 0.6 is 11.8 Å². The van der Waals surface area contributed by atoms with E-state index in [1.807, 2.05) is 18.4 Å². The van der Waals surface area contributed by atoms with Crippen molar-refractivity contribution >= 4 is 27.5 Å². The number of rotatable bonds is 5.